The fraction of sp³-hybridized carbons (Fsp3) is 0.500. The molecule has 1 aliphatic heterocycles. The van der Waals surface area contributed by atoms with Crippen LogP contribution >= 0.6 is 0 Å². The van der Waals surface area contributed by atoms with E-state index in [4.69, 9.17) is 5.73 Å². The Hall–Kier alpha value is -1.56. The van der Waals surface area contributed by atoms with Crippen LogP contribution < -0.4 is 5.73 Å². The van der Waals surface area contributed by atoms with Crippen molar-refractivity contribution in [2.45, 2.75) is 31.5 Å². The maximum Gasteiger partial charge on any atom is 0.416 e. The molecule has 0 unspecified atom stereocenters. The van der Waals surface area contributed by atoms with Crippen molar-refractivity contribution < 1.29 is 18.0 Å². The van der Waals surface area contributed by atoms with Crippen LogP contribution in [0.4, 0.5) is 13.2 Å². The third-order valence-electron chi connectivity index (χ3n) is 3.63. The molecule has 0 aliphatic carbocycles. The van der Waals surface area contributed by atoms with Crippen molar-refractivity contribution in [3.05, 3.63) is 35.4 Å². The smallest absolute Gasteiger partial charge is 0.370 e. The zero-order valence-corrected chi connectivity index (χ0v) is 11.0. The Labute approximate surface area is 115 Å². The van der Waals surface area contributed by atoms with E-state index in [2.05, 4.69) is 0 Å². The zero-order chi connectivity index (χ0) is 14.8. The number of benzene rings is 1. The number of amides is 1. The number of carbonyl (C=O) groups excluding carboxylic acids is 1. The summed E-state index contributed by atoms with van der Waals surface area (Å²) in [5.74, 6) is -0.431. The number of primary amides is 1. The summed E-state index contributed by atoms with van der Waals surface area (Å²) in [5, 5.41) is 0. The lowest BCUT2D eigenvalue weighted by Gasteiger charge is -2.26. The predicted octanol–water partition coefficient (Wildman–Crippen LogP) is 2.72. The van der Waals surface area contributed by atoms with Gasteiger partial charge >= 0.3 is 6.18 Å². The van der Waals surface area contributed by atoms with Gasteiger partial charge in [0, 0.05) is 19.0 Å². The molecule has 1 atom stereocenters. The summed E-state index contributed by atoms with van der Waals surface area (Å²) in [5.41, 5.74) is 4.81. The topological polar surface area (TPSA) is 46.3 Å². The first kappa shape index (κ1) is 14.8. The molecule has 0 radical (unpaired) electrons. The average Bonchev–Trinajstić information content (AvgIpc) is 2.83. The van der Waals surface area contributed by atoms with Gasteiger partial charge in [-0.15, -0.1) is 0 Å². The van der Waals surface area contributed by atoms with Crippen LogP contribution in [0.15, 0.2) is 24.3 Å². The van der Waals surface area contributed by atoms with Crippen LogP contribution in [-0.4, -0.2) is 23.9 Å². The molecule has 2 rings (SSSR count). The van der Waals surface area contributed by atoms with Crippen LogP contribution in [0.1, 0.15) is 36.4 Å². The second-order valence-electron chi connectivity index (χ2n) is 5.00. The van der Waals surface area contributed by atoms with Crippen LogP contribution in [0.3, 0.4) is 0 Å². The number of halogens is 3. The van der Waals surface area contributed by atoms with Crippen LogP contribution in [0.2, 0.25) is 0 Å². The fourth-order valence-corrected chi connectivity index (χ4v) is 2.75. The number of rotatable bonds is 4. The van der Waals surface area contributed by atoms with Crippen LogP contribution in [0, 0.1) is 0 Å². The van der Waals surface area contributed by atoms with Gasteiger partial charge in [-0.3, -0.25) is 9.69 Å². The van der Waals surface area contributed by atoms with Gasteiger partial charge in [0.05, 0.1) is 5.56 Å². The molecule has 1 aromatic rings. The molecule has 0 aromatic heterocycles. The third-order valence-corrected chi connectivity index (χ3v) is 3.63. The Morgan fingerprint density at radius 2 is 2.05 bits per heavy atom. The van der Waals surface area contributed by atoms with Gasteiger partial charge in [-0.25, -0.2) is 0 Å². The molecule has 1 aliphatic rings. The van der Waals surface area contributed by atoms with Crippen LogP contribution in [0.5, 0.6) is 0 Å². The fourth-order valence-electron chi connectivity index (χ4n) is 2.75. The minimum atomic E-state index is -4.35. The number of nitrogens with zero attached hydrogens (tertiary/aromatic N) is 1. The molecule has 1 aromatic carbocycles. The second-order valence-corrected chi connectivity index (χ2v) is 5.00. The molecule has 1 heterocycles. The molecule has 20 heavy (non-hydrogen) atoms. The number of nitrogens with two attached hydrogens (primary N) is 1. The summed E-state index contributed by atoms with van der Waals surface area (Å²) in [6, 6.07) is 5.37. The first-order chi connectivity index (χ1) is 9.39. The molecule has 1 saturated heterocycles. The van der Waals surface area contributed by atoms with E-state index in [-0.39, 0.29) is 12.5 Å². The minimum Gasteiger partial charge on any atom is -0.370 e. The summed E-state index contributed by atoms with van der Waals surface area (Å²) < 4.78 is 39.2. The van der Waals surface area contributed by atoms with E-state index in [1.165, 1.54) is 12.1 Å². The second kappa shape index (κ2) is 5.83. The molecule has 0 saturated carbocycles. The first-order valence-electron chi connectivity index (χ1n) is 6.58. The van der Waals surface area contributed by atoms with Crippen molar-refractivity contribution in [3.63, 3.8) is 0 Å². The quantitative estimate of drug-likeness (QED) is 0.925. The Balaban J connectivity index is 2.24. The molecule has 2 N–H and O–H groups in total. The van der Waals surface area contributed by atoms with Crippen molar-refractivity contribution in [1.29, 1.82) is 0 Å². The molecule has 110 valence electrons. The first-order valence-corrected chi connectivity index (χ1v) is 6.58. The highest BCUT2D eigenvalue weighted by Crippen LogP contribution is 2.40. The van der Waals surface area contributed by atoms with Crippen molar-refractivity contribution in [2.24, 2.45) is 5.73 Å². The average molecular weight is 286 g/mol. The van der Waals surface area contributed by atoms with E-state index < -0.39 is 17.6 Å². The van der Waals surface area contributed by atoms with Gasteiger partial charge in [-0.1, -0.05) is 18.2 Å². The third kappa shape index (κ3) is 3.30. The van der Waals surface area contributed by atoms with Crippen molar-refractivity contribution >= 4 is 5.91 Å². The number of alkyl halides is 3. The van der Waals surface area contributed by atoms with Crippen LogP contribution in [0.25, 0.3) is 0 Å². The van der Waals surface area contributed by atoms with E-state index >= 15 is 0 Å². The zero-order valence-electron chi connectivity index (χ0n) is 11.0. The van der Waals surface area contributed by atoms with Gasteiger partial charge in [0.15, 0.2) is 0 Å². The molecule has 0 spiro atoms. The summed E-state index contributed by atoms with van der Waals surface area (Å²) in [6.07, 6.45) is -2.68. The summed E-state index contributed by atoms with van der Waals surface area (Å²) in [4.78, 5) is 12.8. The Bertz CT molecular complexity index is 488. The van der Waals surface area contributed by atoms with Crippen molar-refractivity contribution in [3.8, 4) is 0 Å². The molecule has 3 nitrogen and oxygen atoms in total. The SMILES string of the molecule is NC(=O)CCN1CCC[C@@H]1c1ccccc1C(F)(F)F. The van der Waals surface area contributed by atoms with E-state index in [0.717, 1.165) is 12.5 Å². The molecule has 1 amide bonds. The maximum absolute atomic E-state index is 13.1. The Morgan fingerprint density at radius 3 is 2.70 bits per heavy atom. The number of hydrogen-bond acceptors (Lipinski definition) is 2. The lowest BCUT2D eigenvalue weighted by atomic mass is 9.98. The Kier molecular flexibility index (Phi) is 4.32. The molecule has 6 heteroatoms. The van der Waals surface area contributed by atoms with Gasteiger partial charge < -0.3 is 5.73 Å². The van der Waals surface area contributed by atoms with E-state index in [1.807, 2.05) is 4.90 Å². The minimum absolute atomic E-state index is 0.171. The molecular formula is C14H17F3N2O. The van der Waals surface area contributed by atoms with Gasteiger partial charge in [0.2, 0.25) is 5.91 Å². The largest absolute Gasteiger partial charge is 0.416 e. The van der Waals surface area contributed by atoms with Crippen molar-refractivity contribution in [2.75, 3.05) is 13.1 Å². The van der Waals surface area contributed by atoms with Gasteiger partial charge in [-0.05, 0) is 31.0 Å². The summed E-state index contributed by atoms with van der Waals surface area (Å²) >= 11 is 0. The van der Waals surface area contributed by atoms with Crippen LogP contribution in [-0.2, 0) is 11.0 Å². The van der Waals surface area contributed by atoms with Gasteiger partial charge in [0.25, 0.3) is 0 Å². The highest BCUT2D eigenvalue weighted by molar-refractivity contribution is 5.73. The lowest BCUT2D eigenvalue weighted by Crippen LogP contribution is -2.29. The van der Waals surface area contributed by atoms with Gasteiger partial charge in [-0.2, -0.15) is 13.2 Å². The molecular weight excluding hydrogens is 269 g/mol. The number of hydrogen-bond donors (Lipinski definition) is 1. The lowest BCUT2D eigenvalue weighted by molar-refractivity contribution is -0.138. The predicted molar refractivity (Wildman–Crippen MR) is 68.8 cm³/mol. The Morgan fingerprint density at radius 1 is 1.35 bits per heavy atom. The van der Waals surface area contributed by atoms with E-state index in [1.54, 1.807) is 6.07 Å². The monoisotopic (exact) mass is 286 g/mol. The number of likely N-dealkylation sites (tertiary alicyclic amines) is 1. The highest BCUT2D eigenvalue weighted by Gasteiger charge is 2.37. The normalized spacial score (nSPS) is 20.2. The maximum atomic E-state index is 13.1. The van der Waals surface area contributed by atoms with E-state index in [0.29, 0.717) is 25.1 Å². The molecule has 1 fully saturated rings. The summed E-state index contributed by atoms with van der Waals surface area (Å²) in [7, 11) is 0. The number of carbonyl (C=O) groups is 1. The highest BCUT2D eigenvalue weighted by atomic mass is 19.4. The van der Waals surface area contributed by atoms with E-state index in [9.17, 15) is 18.0 Å². The molecule has 0 bridgehead atoms. The summed E-state index contributed by atoms with van der Waals surface area (Å²) in [6.45, 7) is 1.11. The van der Waals surface area contributed by atoms with Crippen molar-refractivity contribution in [1.82, 2.24) is 4.90 Å². The standard InChI is InChI=1S/C14H17F3N2O/c15-14(16,17)11-5-2-1-4-10(11)12-6-3-8-19(12)9-7-13(18)20/h1-2,4-5,12H,3,6-9H2,(H2,18,20)/t12-/m1/s1. The van der Waals surface area contributed by atoms with Gasteiger partial charge in [0.1, 0.15) is 0 Å².